The highest BCUT2D eigenvalue weighted by atomic mass is 32.1. The topological polar surface area (TPSA) is 70.6 Å². The fraction of sp³-hybridized carbons (Fsp3) is 0.235. The number of hydrogen-bond donors (Lipinski definition) is 2. The summed E-state index contributed by atoms with van der Waals surface area (Å²) in [5.74, 6) is -1.54. The van der Waals surface area contributed by atoms with Gasteiger partial charge in [-0.3, -0.25) is 9.59 Å². The number of hydrogen-bond acceptors (Lipinski definition) is 4. The van der Waals surface area contributed by atoms with Crippen LogP contribution >= 0.6 is 11.3 Å². The summed E-state index contributed by atoms with van der Waals surface area (Å²) in [5.41, 5.74) is 4.24. The Morgan fingerprint density at radius 3 is 2.74 bits per heavy atom. The van der Waals surface area contributed by atoms with Crippen LogP contribution in [-0.4, -0.2) is 24.1 Å². The normalized spacial score (nSPS) is 21.1. The van der Waals surface area contributed by atoms with Crippen LogP contribution in [-0.2, 0) is 9.59 Å². The maximum absolute atomic E-state index is 12.4. The number of carbonyl (C=O) groups excluding carboxylic acids is 2. The number of hydrazone groups is 1. The molecule has 1 aromatic heterocycles. The quantitative estimate of drug-likeness (QED) is 0.513. The number of nitrogens with zero attached hydrogens (tertiary/aromatic N) is 1. The molecule has 0 saturated carbocycles. The second-order valence-electron chi connectivity index (χ2n) is 5.39. The van der Waals surface area contributed by atoms with E-state index >= 15 is 0 Å². The molecular weight excluding hydrogens is 310 g/mol. The van der Waals surface area contributed by atoms with Crippen LogP contribution in [0.4, 0.5) is 0 Å². The van der Waals surface area contributed by atoms with Crippen LogP contribution in [0.1, 0.15) is 23.3 Å². The fourth-order valence-corrected chi connectivity index (χ4v) is 3.36. The van der Waals surface area contributed by atoms with Gasteiger partial charge in [-0.2, -0.15) is 5.10 Å². The molecule has 1 aliphatic rings. The summed E-state index contributed by atoms with van der Waals surface area (Å²) in [6.07, 6.45) is 0. The van der Waals surface area contributed by atoms with Crippen LogP contribution in [0.25, 0.3) is 0 Å². The first-order chi connectivity index (χ1) is 11.2. The number of carbonyl (C=O) groups is 2. The molecule has 0 aliphatic carbocycles. The van der Waals surface area contributed by atoms with Gasteiger partial charge < -0.3 is 5.32 Å². The number of nitrogens with one attached hydrogen (secondary N) is 2. The number of amides is 2. The molecule has 2 amide bonds. The number of rotatable bonds is 4. The summed E-state index contributed by atoms with van der Waals surface area (Å²) in [5, 5.41) is 8.84. The molecule has 118 valence electrons. The highest BCUT2D eigenvalue weighted by Crippen LogP contribution is 2.29. The Bertz CT molecular complexity index is 726. The Kier molecular flexibility index (Phi) is 4.52. The van der Waals surface area contributed by atoms with Crippen LogP contribution in [0.3, 0.4) is 0 Å². The largest absolute Gasteiger partial charge is 0.355 e. The van der Waals surface area contributed by atoms with E-state index in [-0.39, 0.29) is 17.7 Å². The van der Waals surface area contributed by atoms with Crippen LogP contribution in [0.2, 0.25) is 0 Å². The first-order valence-corrected chi connectivity index (χ1v) is 8.25. The van der Waals surface area contributed by atoms with Gasteiger partial charge in [0.15, 0.2) is 0 Å². The molecule has 1 fully saturated rings. The van der Waals surface area contributed by atoms with Gasteiger partial charge in [-0.25, -0.2) is 5.43 Å². The summed E-state index contributed by atoms with van der Waals surface area (Å²) in [4.78, 5) is 25.5. The van der Waals surface area contributed by atoms with Crippen LogP contribution in [0.5, 0.6) is 0 Å². The Morgan fingerprint density at radius 1 is 1.26 bits per heavy atom. The summed E-state index contributed by atoms with van der Waals surface area (Å²) in [7, 11) is 0. The maximum atomic E-state index is 12.4. The van der Waals surface area contributed by atoms with Crippen molar-refractivity contribution >= 4 is 28.9 Å². The molecule has 0 bridgehead atoms. The van der Waals surface area contributed by atoms with E-state index in [1.54, 1.807) is 11.3 Å². The second-order valence-corrected chi connectivity index (χ2v) is 6.34. The summed E-state index contributed by atoms with van der Waals surface area (Å²) >= 11 is 1.55. The van der Waals surface area contributed by atoms with Gasteiger partial charge in [0.25, 0.3) is 5.91 Å². The smallest absolute Gasteiger partial charge is 0.253 e. The van der Waals surface area contributed by atoms with Crippen molar-refractivity contribution in [2.75, 3.05) is 6.54 Å². The summed E-state index contributed by atoms with van der Waals surface area (Å²) < 4.78 is 0. The number of thiophene rings is 1. The lowest BCUT2D eigenvalue weighted by atomic mass is 9.88. The summed E-state index contributed by atoms with van der Waals surface area (Å²) in [6, 6.07) is 13.5. The molecule has 5 nitrogen and oxygen atoms in total. The van der Waals surface area contributed by atoms with E-state index in [9.17, 15) is 9.59 Å². The molecule has 2 atom stereocenters. The zero-order valence-corrected chi connectivity index (χ0v) is 13.5. The van der Waals surface area contributed by atoms with E-state index < -0.39 is 5.92 Å². The molecule has 23 heavy (non-hydrogen) atoms. The van der Waals surface area contributed by atoms with Crippen molar-refractivity contribution in [2.24, 2.45) is 11.0 Å². The standard InChI is InChI=1S/C17H17N3O2S/c1-11(14-8-5-9-23-14)19-20-17(22)15-13(10-18-16(15)21)12-6-3-2-4-7-12/h2-9,13,15H,10H2,1H3,(H,18,21)(H,20,22)/b19-11-/t13-,15-/m1/s1. The molecule has 2 aromatic rings. The van der Waals surface area contributed by atoms with Gasteiger partial charge in [0, 0.05) is 17.3 Å². The van der Waals surface area contributed by atoms with E-state index in [0.29, 0.717) is 6.54 Å². The SMILES string of the molecule is C/C(=N/NC(=O)[C@H]1C(=O)NC[C@@H]1c1ccccc1)c1cccs1. The minimum absolute atomic E-state index is 0.166. The predicted molar refractivity (Wildman–Crippen MR) is 90.4 cm³/mol. The van der Waals surface area contributed by atoms with Crippen molar-refractivity contribution in [2.45, 2.75) is 12.8 Å². The third kappa shape index (κ3) is 3.32. The molecule has 3 rings (SSSR count). The van der Waals surface area contributed by atoms with E-state index in [2.05, 4.69) is 15.8 Å². The van der Waals surface area contributed by atoms with Gasteiger partial charge in [-0.15, -0.1) is 11.3 Å². The van der Waals surface area contributed by atoms with Crippen molar-refractivity contribution in [1.29, 1.82) is 0 Å². The predicted octanol–water partition coefficient (Wildman–Crippen LogP) is 2.12. The Labute approximate surface area is 138 Å². The Morgan fingerprint density at radius 2 is 2.04 bits per heavy atom. The molecule has 0 radical (unpaired) electrons. The van der Waals surface area contributed by atoms with Crippen LogP contribution in [0, 0.1) is 5.92 Å². The van der Waals surface area contributed by atoms with Crippen LogP contribution < -0.4 is 10.7 Å². The Hall–Kier alpha value is -2.47. The first kappa shape index (κ1) is 15.4. The van der Waals surface area contributed by atoms with Crippen molar-refractivity contribution in [1.82, 2.24) is 10.7 Å². The molecule has 6 heteroatoms. The zero-order chi connectivity index (χ0) is 16.2. The third-order valence-corrected chi connectivity index (χ3v) is 4.88. The monoisotopic (exact) mass is 327 g/mol. The highest BCUT2D eigenvalue weighted by molar-refractivity contribution is 7.12. The van der Waals surface area contributed by atoms with Gasteiger partial charge in [0.1, 0.15) is 5.92 Å². The van der Waals surface area contributed by atoms with Crippen molar-refractivity contribution < 1.29 is 9.59 Å². The van der Waals surface area contributed by atoms with Gasteiger partial charge in [0.2, 0.25) is 5.91 Å². The minimum atomic E-state index is -0.753. The first-order valence-electron chi connectivity index (χ1n) is 7.37. The molecule has 0 unspecified atom stereocenters. The summed E-state index contributed by atoms with van der Waals surface area (Å²) in [6.45, 7) is 2.30. The molecule has 2 N–H and O–H groups in total. The molecule has 1 aromatic carbocycles. The highest BCUT2D eigenvalue weighted by Gasteiger charge is 2.40. The van der Waals surface area contributed by atoms with Gasteiger partial charge in [0.05, 0.1) is 5.71 Å². The van der Waals surface area contributed by atoms with E-state index in [1.165, 1.54) is 0 Å². The van der Waals surface area contributed by atoms with Crippen molar-refractivity contribution in [3.8, 4) is 0 Å². The second kappa shape index (κ2) is 6.75. The Balaban J connectivity index is 1.74. The minimum Gasteiger partial charge on any atom is -0.355 e. The average molecular weight is 327 g/mol. The molecular formula is C17H17N3O2S. The third-order valence-electron chi connectivity index (χ3n) is 3.90. The molecule has 1 aliphatic heterocycles. The molecule has 1 saturated heterocycles. The van der Waals surface area contributed by atoms with Crippen molar-refractivity contribution in [3.63, 3.8) is 0 Å². The number of benzene rings is 1. The maximum Gasteiger partial charge on any atom is 0.253 e. The molecule has 2 heterocycles. The van der Waals surface area contributed by atoms with Crippen molar-refractivity contribution in [3.05, 3.63) is 58.3 Å². The van der Waals surface area contributed by atoms with E-state index in [4.69, 9.17) is 0 Å². The lowest BCUT2D eigenvalue weighted by Gasteiger charge is -2.15. The average Bonchev–Trinajstić information content (AvgIpc) is 3.23. The fourth-order valence-electron chi connectivity index (χ4n) is 2.68. The lowest BCUT2D eigenvalue weighted by molar-refractivity contribution is -0.133. The molecule has 0 spiro atoms. The van der Waals surface area contributed by atoms with E-state index in [1.807, 2.05) is 54.8 Å². The van der Waals surface area contributed by atoms with Gasteiger partial charge in [-0.05, 0) is 23.9 Å². The van der Waals surface area contributed by atoms with Gasteiger partial charge in [-0.1, -0.05) is 36.4 Å². The van der Waals surface area contributed by atoms with E-state index in [0.717, 1.165) is 16.2 Å². The van der Waals surface area contributed by atoms with Crippen LogP contribution in [0.15, 0.2) is 52.9 Å². The van der Waals surface area contributed by atoms with Gasteiger partial charge >= 0.3 is 0 Å². The zero-order valence-electron chi connectivity index (χ0n) is 12.7. The lowest BCUT2D eigenvalue weighted by Crippen LogP contribution is -2.35.